The molecule has 3 aromatic rings. The summed E-state index contributed by atoms with van der Waals surface area (Å²) in [6.45, 7) is 7.59. The number of benzene rings is 2. The number of piperazine rings is 1. The number of anilines is 1. The van der Waals surface area contributed by atoms with Crippen LogP contribution >= 0.6 is 23.1 Å². The molecule has 28 heavy (non-hydrogen) atoms. The summed E-state index contributed by atoms with van der Waals surface area (Å²) in [5, 5.41) is 1.63. The monoisotopic (exact) mass is 411 g/mol. The molecule has 0 aliphatic carbocycles. The molecule has 1 aliphatic rings. The summed E-state index contributed by atoms with van der Waals surface area (Å²) in [5.74, 6) is 0.216. The van der Waals surface area contributed by atoms with Crippen molar-refractivity contribution in [3.05, 3.63) is 54.1 Å². The van der Waals surface area contributed by atoms with Gasteiger partial charge in [-0.15, -0.1) is 11.8 Å². The summed E-state index contributed by atoms with van der Waals surface area (Å²) in [6.07, 6.45) is 0.480. The number of para-hydroxylation sites is 1. The van der Waals surface area contributed by atoms with Crippen LogP contribution in [0.3, 0.4) is 0 Å². The molecule has 146 valence electrons. The number of carbonyl (C=O) groups is 1. The van der Waals surface area contributed by atoms with Crippen molar-refractivity contribution in [2.24, 2.45) is 0 Å². The Balaban J connectivity index is 1.32. The number of thiazole rings is 1. The zero-order valence-electron chi connectivity index (χ0n) is 16.3. The summed E-state index contributed by atoms with van der Waals surface area (Å²) < 4.78 is 1.22. The molecule has 0 unspecified atom stereocenters. The van der Waals surface area contributed by atoms with Gasteiger partial charge in [-0.25, -0.2) is 4.98 Å². The molecule has 0 bridgehead atoms. The standard InChI is InChI=1S/C22H25N3OS2/c1-16(2)27-18-9-7-17(8-10-18)15-21(26)24-11-13-25(14-12-24)22-23-19-5-3-4-6-20(19)28-22/h3-10,16H,11-15H2,1-2H3. The summed E-state index contributed by atoms with van der Waals surface area (Å²) in [5.41, 5.74) is 2.15. The number of fused-ring (bicyclic) bond motifs is 1. The lowest BCUT2D eigenvalue weighted by Gasteiger charge is -2.34. The Labute approximate surface area is 174 Å². The summed E-state index contributed by atoms with van der Waals surface area (Å²) in [6, 6.07) is 16.7. The summed E-state index contributed by atoms with van der Waals surface area (Å²) in [7, 11) is 0. The topological polar surface area (TPSA) is 36.4 Å². The first-order valence-electron chi connectivity index (χ1n) is 9.72. The van der Waals surface area contributed by atoms with Gasteiger partial charge in [-0.2, -0.15) is 0 Å². The Hall–Kier alpha value is -2.05. The second-order valence-corrected chi connectivity index (χ2v) is 9.98. The van der Waals surface area contributed by atoms with E-state index >= 15 is 0 Å². The van der Waals surface area contributed by atoms with Crippen LogP contribution in [0.5, 0.6) is 0 Å². The first-order valence-corrected chi connectivity index (χ1v) is 11.4. The second-order valence-electron chi connectivity index (χ2n) is 7.32. The van der Waals surface area contributed by atoms with Gasteiger partial charge in [0.2, 0.25) is 5.91 Å². The van der Waals surface area contributed by atoms with E-state index in [1.807, 2.05) is 22.7 Å². The molecule has 1 aromatic heterocycles. The predicted molar refractivity (Wildman–Crippen MR) is 120 cm³/mol. The fourth-order valence-corrected chi connectivity index (χ4v) is 5.24. The van der Waals surface area contributed by atoms with E-state index in [1.54, 1.807) is 11.3 Å². The zero-order valence-corrected chi connectivity index (χ0v) is 17.9. The quantitative estimate of drug-likeness (QED) is 0.571. The average Bonchev–Trinajstić information content (AvgIpc) is 3.13. The largest absolute Gasteiger partial charge is 0.345 e. The average molecular weight is 412 g/mol. The van der Waals surface area contributed by atoms with Crippen LogP contribution in [0.15, 0.2) is 53.4 Å². The molecule has 2 aromatic carbocycles. The van der Waals surface area contributed by atoms with Crippen molar-refractivity contribution in [3.8, 4) is 0 Å². The van der Waals surface area contributed by atoms with Gasteiger partial charge in [0, 0.05) is 36.3 Å². The van der Waals surface area contributed by atoms with Crippen molar-refractivity contribution in [2.75, 3.05) is 31.1 Å². The van der Waals surface area contributed by atoms with E-state index < -0.39 is 0 Å². The smallest absolute Gasteiger partial charge is 0.227 e. The van der Waals surface area contributed by atoms with Crippen molar-refractivity contribution >= 4 is 44.4 Å². The number of hydrogen-bond donors (Lipinski definition) is 0. The van der Waals surface area contributed by atoms with E-state index in [4.69, 9.17) is 4.98 Å². The summed E-state index contributed by atoms with van der Waals surface area (Å²) in [4.78, 5) is 23.0. The molecular formula is C22H25N3OS2. The fourth-order valence-electron chi connectivity index (χ4n) is 3.39. The maximum absolute atomic E-state index is 12.7. The number of amides is 1. The minimum absolute atomic E-state index is 0.216. The third-order valence-corrected chi connectivity index (χ3v) is 6.95. The van der Waals surface area contributed by atoms with E-state index in [0.29, 0.717) is 11.7 Å². The zero-order chi connectivity index (χ0) is 19.5. The highest BCUT2D eigenvalue weighted by Gasteiger charge is 2.23. The number of rotatable bonds is 5. The van der Waals surface area contributed by atoms with Gasteiger partial charge in [-0.1, -0.05) is 49.4 Å². The molecule has 0 saturated carbocycles. The molecule has 0 spiro atoms. The summed E-state index contributed by atoms with van der Waals surface area (Å²) >= 11 is 3.58. The Kier molecular flexibility index (Phi) is 5.87. The van der Waals surface area contributed by atoms with E-state index in [9.17, 15) is 4.79 Å². The van der Waals surface area contributed by atoms with Gasteiger partial charge in [-0.05, 0) is 29.8 Å². The van der Waals surface area contributed by atoms with Crippen molar-refractivity contribution < 1.29 is 4.79 Å². The molecule has 2 heterocycles. The van der Waals surface area contributed by atoms with Gasteiger partial charge in [0.05, 0.1) is 16.6 Å². The van der Waals surface area contributed by atoms with Gasteiger partial charge < -0.3 is 9.80 Å². The Bertz CT molecular complexity index is 911. The highest BCUT2D eigenvalue weighted by atomic mass is 32.2. The van der Waals surface area contributed by atoms with Crippen LogP contribution in [0.2, 0.25) is 0 Å². The minimum Gasteiger partial charge on any atom is -0.345 e. The highest BCUT2D eigenvalue weighted by Crippen LogP contribution is 2.29. The molecule has 0 N–H and O–H groups in total. The van der Waals surface area contributed by atoms with Crippen molar-refractivity contribution in [1.82, 2.24) is 9.88 Å². The number of hydrogen-bond acceptors (Lipinski definition) is 5. The molecule has 4 nitrogen and oxygen atoms in total. The highest BCUT2D eigenvalue weighted by molar-refractivity contribution is 7.99. The molecule has 1 amide bonds. The molecular weight excluding hydrogens is 386 g/mol. The van der Waals surface area contributed by atoms with E-state index in [2.05, 4.69) is 61.2 Å². The molecule has 1 fully saturated rings. The molecule has 0 radical (unpaired) electrons. The number of thioether (sulfide) groups is 1. The minimum atomic E-state index is 0.216. The van der Waals surface area contributed by atoms with Crippen LogP contribution in [-0.2, 0) is 11.2 Å². The van der Waals surface area contributed by atoms with Gasteiger partial charge in [0.1, 0.15) is 0 Å². The lowest BCUT2D eigenvalue weighted by Crippen LogP contribution is -2.49. The third-order valence-electron chi connectivity index (χ3n) is 4.84. The first kappa shape index (κ1) is 19.3. The normalized spacial score (nSPS) is 14.8. The Morgan fingerprint density at radius 1 is 1.07 bits per heavy atom. The van der Waals surface area contributed by atoms with E-state index in [1.165, 1.54) is 9.60 Å². The predicted octanol–water partition coefficient (Wildman–Crippen LogP) is 4.69. The fraction of sp³-hybridized carbons (Fsp3) is 0.364. The number of aromatic nitrogens is 1. The van der Waals surface area contributed by atoms with Crippen LogP contribution in [0.1, 0.15) is 19.4 Å². The maximum atomic E-state index is 12.7. The lowest BCUT2D eigenvalue weighted by molar-refractivity contribution is -0.130. The van der Waals surface area contributed by atoms with E-state index in [-0.39, 0.29) is 5.91 Å². The first-order chi connectivity index (χ1) is 13.6. The second kappa shape index (κ2) is 8.53. The van der Waals surface area contributed by atoms with Gasteiger partial charge >= 0.3 is 0 Å². The lowest BCUT2D eigenvalue weighted by atomic mass is 10.1. The van der Waals surface area contributed by atoms with Crippen molar-refractivity contribution in [3.63, 3.8) is 0 Å². The van der Waals surface area contributed by atoms with Crippen molar-refractivity contribution in [2.45, 2.75) is 30.4 Å². The van der Waals surface area contributed by atoms with Crippen LogP contribution in [0, 0.1) is 0 Å². The van der Waals surface area contributed by atoms with Crippen LogP contribution < -0.4 is 4.90 Å². The molecule has 0 atom stereocenters. The van der Waals surface area contributed by atoms with Gasteiger partial charge in [-0.3, -0.25) is 4.79 Å². The number of carbonyl (C=O) groups excluding carboxylic acids is 1. The molecule has 1 aliphatic heterocycles. The van der Waals surface area contributed by atoms with Crippen molar-refractivity contribution in [1.29, 1.82) is 0 Å². The van der Waals surface area contributed by atoms with Gasteiger partial charge in [0.15, 0.2) is 5.13 Å². The number of nitrogens with zero attached hydrogens (tertiary/aromatic N) is 3. The van der Waals surface area contributed by atoms with E-state index in [0.717, 1.165) is 42.4 Å². The molecule has 1 saturated heterocycles. The Morgan fingerprint density at radius 3 is 2.46 bits per heavy atom. The van der Waals surface area contributed by atoms with Crippen LogP contribution in [0.25, 0.3) is 10.2 Å². The Morgan fingerprint density at radius 2 is 1.79 bits per heavy atom. The SMILES string of the molecule is CC(C)Sc1ccc(CC(=O)N2CCN(c3nc4ccccc4s3)CC2)cc1. The van der Waals surface area contributed by atoms with Gasteiger partial charge in [0.25, 0.3) is 0 Å². The maximum Gasteiger partial charge on any atom is 0.227 e. The molecule has 4 rings (SSSR count). The van der Waals surface area contributed by atoms with Crippen LogP contribution in [-0.4, -0.2) is 47.2 Å². The molecule has 6 heteroatoms. The third kappa shape index (κ3) is 4.50. The van der Waals surface area contributed by atoms with Crippen LogP contribution in [0.4, 0.5) is 5.13 Å².